The van der Waals surface area contributed by atoms with Crippen LogP contribution in [0.4, 0.5) is 10.5 Å². The van der Waals surface area contributed by atoms with Gasteiger partial charge in [-0.25, -0.2) is 22.9 Å². The molecule has 30 heavy (non-hydrogen) atoms. The number of aromatic nitrogens is 2. The molecule has 0 bridgehead atoms. The molecule has 0 atom stereocenters. The highest BCUT2D eigenvalue weighted by Crippen LogP contribution is 2.29. The average Bonchev–Trinajstić information content (AvgIpc) is 3.13. The molecule has 0 aliphatic carbocycles. The predicted molar refractivity (Wildman–Crippen MR) is 117 cm³/mol. The van der Waals surface area contributed by atoms with E-state index in [2.05, 4.69) is 24.3 Å². The summed E-state index contributed by atoms with van der Waals surface area (Å²) in [5, 5.41) is 3.56. The highest BCUT2D eigenvalue weighted by molar-refractivity contribution is 7.88. The first-order chi connectivity index (χ1) is 14.3. The molecular formula is C19H27N5O4S2. The van der Waals surface area contributed by atoms with Crippen LogP contribution >= 0.6 is 11.5 Å². The number of benzene rings is 1. The summed E-state index contributed by atoms with van der Waals surface area (Å²) < 4.78 is 34.4. The molecule has 1 amide bonds. The zero-order valence-corrected chi connectivity index (χ0v) is 18.8. The van der Waals surface area contributed by atoms with Crippen molar-refractivity contribution in [3.63, 3.8) is 0 Å². The normalized spacial score (nSPS) is 15.8. The number of carbonyl (C=O) groups excluding carboxylic acids is 1. The van der Waals surface area contributed by atoms with Crippen LogP contribution in [0.3, 0.4) is 0 Å². The Balaban J connectivity index is 1.42. The molecule has 1 fully saturated rings. The molecule has 0 spiro atoms. The maximum Gasteiger partial charge on any atom is 0.411 e. The lowest BCUT2D eigenvalue weighted by Crippen LogP contribution is -2.40. The van der Waals surface area contributed by atoms with E-state index in [4.69, 9.17) is 4.74 Å². The van der Waals surface area contributed by atoms with Crippen molar-refractivity contribution >= 4 is 33.3 Å². The van der Waals surface area contributed by atoms with E-state index < -0.39 is 16.1 Å². The Morgan fingerprint density at radius 3 is 2.70 bits per heavy atom. The van der Waals surface area contributed by atoms with Crippen LogP contribution < -0.4 is 10.0 Å². The standard InChI is InChI=1S/C19H27N5O4S2/c1-14-21-18(29-23-14)16-5-3-4-6-17(16)22-19(25)28-13-15-7-10-24(11-8-15)12-9-20-30(2,26)27/h3-6,15,20H,7-13H2,1-2H3,(H,22,25). The minimum Gasteiger partial charge on any atom is -0.449 e. The Morgan fingerprint density at radius 2 is 2.03 bits per heavy atom. The maximum absolute atomic E-state index is 12.3. The number of nitrogens with zero attached hydrogens (tertiary/aromatic N) is 3. The number of nitrogens with one attached hydrogen (secondary N) is 2. The van der Waals surface area contributed by atoms with Crippen molar-refractivity contribution in [3.05, 3.63) is 30.1 Å². The summed E-state index contributed by atoms with van der Waals surface area (Å²) in [7, 11) is -3.15. The number of ether oxygens (including phenoxy) is 1. The minimum absolute atomic E-state index is 0.302. The number of carbonyl (C=O) groups is 1. The van der Waals surface area contributed by atoms with E-state index in [1.54, 1.807) is 0 Å². The van der Waals surface area contributed by atoms with Crippen LogP contribution in [0.25, 0.3) is 10.6 Å². The topological polar surface area (TPSA) is 114 Å². The average molecular weight is 454 g/mol. The van der Waals surface area contributed by atoms with Crippen molar-refractivity contribution in [2.45, 2.75) is 19.8 Å². The molecule has 2 heterocycles. The molecule has 2 aromatic rings. The van der Waals surface area contributed by atoms with Gasteiger partial charge in [0.15, 0.2) is 0 Å². The highest BCUT2D eigenvalue weighted by Gasteiger charge is 2.21. The van der Waals surface area contributed by atoms with Crippen molar-refractivity contribution in [3.8, 4) is 10.6 Å². The molecule has 3 rings (SSSR count). The van der Waals surface area contributed by atoms with E-state index in [0.29, 0.717) is 37.1 Å². The molecule has 1 aliphatic rings. The van der Waals surface area contributed by atoms with E-state index in [9.17, 15) is 13.2 Å². The molecule has 9 nitrogen and oxygen atoms in total. The number of anilines is 1. The lowest BCUT2D eigenvalue weighted by atomic mass is 9.98. The van der Waals surface area contributed by atoms with Crippen LogP contribution in [0.5, 0.6) is 0 Å². The van der Waals surface area contributed by atoms with Gasteiger partial charge in [-0.3, -0.25) is 5.32 Å². The molecule has 1 saturated heterocycles. The van der Waals surface area contributed by atoms with Gasteiger partial charge in [-0.1, -0.05) is 12.1 Å². The van der Waals surface area contributed by atoms with Gasteiger partial charge >= 0.3 is 6.09 Å². The second kappa shape index (κ2) is 10.3. The monoisotopic (exact) mass is 453 g/mol. The van der Waals surface area contributed by atoms with Crippen LogP contribution in [-0.2, 0) is 14.8 Å². The van der Waals surface area contributed by atoms with E-state index in [-0.39, 0.29) is 0 Å². The van der Waals surface area contributed by atoms with Gasteiger partial charge in [0.25, 0.3) is 0 Å². The molecule has 2 N–H and O–H groups in total. The van der Waals surface area contributed by atoms with Gasteiger partial charge in [0.05, 0.1) is 18.6 Å². The Bertz CT molecular complexity index is 955. The summed E-state index contributed by atoms with van der Waals surface area (Å²) >= 11 is 1.29. The van der Waals surface area contributed by atoms with E-state index in [1.165, 1.54) is 11.5 Å². The second-order valence-electron chi connectivity index (χ2n) is 7.37. The highest BCUT2D eigenvalue weighted by atomic mass is 32.2. The lowest BCUT2D eigenvalue weighted by molar-refractivity contribution is 0.106. The summed E-state index contributed by atoms with van der Waals surface area (Å²) in [6.45, 7) is 5.01. The molecule has 0 unspecified atom stereocenters. The predicted octanol–water partition coefficient (Wildman–Crippen LogP) is 2.32. The van der Waals surface area contributed by atoms with Crippen LogP contribution in [0.2, 0.25) is 0 Å². The maximum atomic E-state index is 12.3. The van der Waals surface area contributed by atoms with Gasteiger partial charge in [0.1, 0.15) is 10.8 Å². The van der Waals surface area contributed by atoms with Crippen molar-refractivity contribution in [1.82, 2.24) is 19.0 Å². The number of aryl methyl sites for hydroxylation is 1. The van der Waals surface area contributed by atoms with E-state index in [0.717, 1.165) is 42.8 Å². The summed E-state index contributed by atoms with van der Waals surface area (Å²) in [5.74, 6) is 1.00. The van der Waals surface area contributed by atoms with Gasteiger partial charge in [0, 0.05) is 18.7 Å². The van der Waals surface area contributed by atoms with Crippen LogP contribution in [0.1, 0.15) is 18.7 Å². The number of hydrogen-bond donors (Lipinski definition) is 2. The van der Waals surface area contributed by atoms with Crippen molar-refractivity contribution in [1.29, 1.82) is 0 Å². The lowest BCUT2D eigenvalue weighted by Gasteiger charge is -2.31. The second-order valence-corrected chi connectivity index (χ2v) is 9.95. The quantitative estimate of drug-likeness (QED) is 0.630. The summed E-state index contributed by atoms with van der Waals surface area (Å²) in [5.41, 5.74) is 1.46. The van der Waals surface area contributed by atoms with Crippen molar-refractivity contribution in [2.24, 2.45) is 5.92 Å². The molecule has 11 heteroatoms. The van der Waals surface area contributed by atoms with Gasteiger partial charge in [-0.15, -0.1) is 0 Å². The van der Waals surface area contributed by atoms with E-state index >= 15 is 0 Å². The fraction of sp³-hybridized carbons (Fsp3) is 0.526. The number of piperidine rings is 1. The Morgan fingerprint density at radius 1 is 1.30 bits per heavy atom. The van der Waals surface area contributed by atoms with E-state index in [1.807, 2.05) is 31.2 Å². The molecule has 1 aliphatic heterocycles. The number of likely N-dealkylation sites (tertiary alicyclic amines) is 1. The molecule has 1 aromatic heterocycles. The van der Waals surface area contributed by atoms with Crippen LogP contribution in [0, 0.1) is 12.8 Å². The number of para-hydroxylation sites is 1. The molecule has 0 radical (unpaired) electrons. The Kier molecular flexibility index (Phi) is 7.75. The summed E-state index contributed by atoms with van der Waals surface area (Å²) in [6.07, 6.45) is 2.50. The first-order valence-corrected chi connectivity index (χ1v) is 12.5. The first-order valence-electron chi connectivity index (χ1n) is 9.80. The number of amides is 1. The van der Waals surface area contributed by atoms with Gasteiger partial charge in [-0.2, -0.15) is 4.37 Å². The zero-order chi connectivity index (χ0) is 21.6. The number of hydrogen-bond acceptors (Lipinski definition) is 8. The third-order valence-electron chi connectivity index (χ3n) is 4.87. The van der Waals surface area contributed by atoms with Crippen molar-refractivity contribution in [2.75, 3.05) is 44.4 Å². The van der Waals surface area contributed by atoms with Gasteiger partial charge < -0.3 is 9.64 Å². The SMILES string of the molecule is Cc1nsc(-c2ccccc2NC(=O)OCC2CCN(CCNS(C)(=O)=O)CC2)n1. The smallest absolute Gasteiger partial charge is 0.411 e. The fourth-order valence-corrected chi connectivity index (χ4v) is 4.46. The molecular weight excluding hydrogens is 426 g/mol. The van der Waals surface area contributed by atoms with Crippen LogP contribution in [-0.4, -0.2) is 67.8 Å². The largest absolute Gasteiger partial charge is 0.449 e. The number of sulfonamides is 1. The van der Waals surface area contributed by atoms with Gasteiger partial charge in [0.2, 0.25) is 10.0 Å². The number of rotatable bonds is 8. The summed E-state index contributed by atoms with van der Waals surface area (Å²) in [4.78, 5) is 18.9. The fourth-order valence-electron chi connectivity index (χ4n) is 3.29. The zero-order valence-electron chi connectivity index (χ0n) is 17.1. The Labute approximate surface area is 181 Å². The molecule has 0 saturated carbocycles. The summed E-state index contributed by atoms with van der Waals surface area (Å²) in [6, 6.07) is 7.45. The van der Waals surface area contributed by atoms with Crippen LogP contribution in [0.15, 0.2) is 24.3 Å². The minimum atomic E-state index is -3.15. The van der Waals surface area contributed by atoms with Gasteiger partial charge in [-0.05, 0) is 62.4 Å². The third-order valence-corrected chi connectivity index (χ3v) is 6.44. The Hall–Kier alpha value is -2.08. The molecule has 164 valence electrons. The van der Waals surface area contributed by atoms with Crippen molar-refractivity contribution < 1.29 is 17.9 Å². The third kappa shape index (κ3) is 7.01. The molecule has 1 aromatic carbocycles. The first kappa shape index (κ1) is 22.6.